The molecule has 0 aromatic heterocycles. The van der Waals surface area contributed by atoms with Crippen molar-refractivity contribution < 1.29 is 13.2 Å². The van der Waals surface area contributed by atoms with Crippen LogP contribution in [-0.4, -0.2) is 26.9 Å². The molecule has 2 bridgehead atoms. The van der Waals surface area contributed by atoms with Crippen LogP contribution in [0.2, 0.25) is 5.02 Å². The lowest BCUT2D eigenvalue weighted by atomic mass is 9.95. The fraction of sp³-hybridized carbons (Fsp3) is 0.381. The molecule has 1 amide bonds. The van der Waals surface area contributed by atoms with Crippen LogP contribution in [0.5, 0.6) is 0 Å². The summed E-state index contributed by atoms with van der Waals surface area (Å²) in [5.74, 6) is 1.00. The predicted molar refractivity (Wildman–Crippen MR) is 109 cm³/mol. The smallest absolute Gasteiger partial charge is 0.265 e. The zero-order valence-electron chi connectivity index (χ0n) is 15.3. The van der Waals surface area contributed by atoms with E-state index >= 15 is 0 Å². The zero-order valence-corrected chi connectivity index (χ0v) is 16.8. The molecule has 146 valence electrons. The Morgan fingerprint density at radius 1 is 1.11 bits per heavy atom. The lowest BCUT2D eigenvalue weighted by Gasteiger charge is -2.32. The molecule has 28 heavy (non-hydrogen) atoms. The molecule has 7 heteroatoms. The molecule has 0 radical (unpaired) electrons. The van der Waals surface area contributed by atoms with E-state index in [1.54, 1.807) is 42.5 Å². The minimum absolute atomic E-state index is 0.177. The van der Waals surface area contributed by atoms with Crippen molar-refractivity contribution in [2.24, 2.45) is 11.8 Å². The first kappa shape index (κ1) is 18.0. The van der Waals surface area contributed by atoms with Crippen molar-refractivity contribution in [2.45, 2.75) is 36.6 Å². The molecule has 5 nitrogen and oxygen atoms in total. The van der Waals surface area contributed by atoms with Crippen LogP contribution in [-0.2, 0) is 14.8 Å². The van der Waals surface area contributed by atoms with E-state index in [1.807, 2.05) is 0 Å². The topological polar surface area (TPSA) is 66.5 Å². The maximum Gasteiger partial charge on any atom is 0.265 e. The van der Waals surface area contributed by atoms with Gasteiger partial charge in [0.15, 0.2) is 0 Å². The van der Waals surface area contributed by atoms with E-state index in [0.717, 1.165) is 18.4 Å². The number of halogens is 1. The monoisotopic (exact) mass is 416 g/mol. The highest BCUT2D eigenvalue weighted by Crippen LogP contribution is 2.45. The van der Waals surface area contributed by atoms with Crippen molar-refractivity contribution >= 4 is 33.2 Å². The van der Waals surface area contributed by atoms with Crippen molar-refractivity contribution in [3.8, 4) is 11.1 Å². The Balaban J connectivity index is 1.48. The average Bonchev–Trinajstić information content (AvgIpc) is 3.28. The van der Waals surface area contributed by atoms with Gasteiger partial charge in [-0.3, -0.25) is 9.10 Å². The van der Waals surface area contributed by atoms with Crippen LogP contribution in [0.4, 0.5) is 5.69 Å². The second-order valence-corrected chi connectivity index (χ2v) is 10.3. The Kier molecular flexibility index (Phi) is 4.18. The summed E-state index contributed by atoms with van der Waals surface area (Å²) >= 11 is 6.17. The van der Waals surface area contributed by atoms with E-state index in [9.17, 15) is 13.2 Å². The van der Waals surface area contributed by atoms with Gasteiger partial charge in [0.05, 0.1) is 10.6 Å². The fourth-order valence-electron chi connectivity index (χ4n) is 5.08. The molecule has 5 rings (SSSR count). The number of amides is 1. The molecule has 0 spiro atoms. The highest BCUT2D eigenvalue weighted by Gasteiger charge is 2.41. The van der Waals surface area contributed by atoms with Crippen LogP contribution >= 0.6 is 11.6 Å². The summed E-state index contributed by atoms with van der Waals surface area (Å²) in [6.45, 7) is -0.223. The SMILES string of the molecule is O=C(CN1c2ccc(Cl)cc2-c2ccccc2S1(=O)=O)NC1CC2CCC1C2. The molecule has 3 unspecified atom stereocenters. The first-order valence-electron chi connectivity index (χ1n) is 9.64. The van der Waals surface area contributed by atoms with Gasteiger partial charge in [-0.05, 0) is 55.4 Å². The molecule has 2 aliphatic carbocycles. The molecule has 3 aliphatic rings. The molecule has 0 saturated heterocycles. The van der Waals surface area contributed by atoms with Gasteiger partial charge in [-0.15, -0.1) is 0 Å². The Bertz CT molecular complexity index is 1070. The number of hydrogen-bond donors (Lipinski definition) is 1. The minimum atomic E-state index is -3.82. The van der Waals surface area contributed by atoms with E-state index < -0.39 is 10.0 Å². The van der Waals surface area contributed by atoms with Crippen LogP contribution in [0.1, 0.15) is 25.7 Å². The van der Waals surface area contributed by atoms with E-state index in [1.165, 1.54) is 17.1 Å². The number of anilines is 1. The van der Waals surface area contributed by atoms with Crippen molar-refractivity contribution in [1.29, 1.82) is 0 Å². The number of hydrogen-bond acceptors (Lipinski definition) is 3. The summed E-state index contributed by atoms with van der Waals surface area (Å²) < 4.78 is 27.7. The Labute approximate surface area is 169 Å². The van der Waals surface area contributed by atoms with Crippen LogP contribution in [0.25, 0.3) is 11.1 Å². The summed E-state index contributed by atoms with van der Waals surface area (Å²) in [5.41, 5.74) is 1.83. The Hall–Kier alpha value is -2.05. The molecule has 1 heterocycles. The second kappa shape index (κ2) is 6.49. The summed E-state index contributed by atoms with van der Waals surface area (Å²) in [4.78, 5) is 13.0. The van der Waals surface area contributed by atoms with E-state index in [0.29, 0.717) is 28.1 Å². The summed E-state index contributed by atoms with van der Waals surface area (Å²) in [7, 11) is -3.82. The van der Waals surface area contributed by atoms with Crippen molar-refractivity contribution in [2.75, 3.05) is 10.8 Å². The largest absolute Gasteiger partial charge is 0.352 e. The minimum Gasteiger partial charge on any atom is -0.352 e. The number of sulfonamides is 1. The Morgan fingerprint density at radius 3 is 2.68 bits per heavy atom. The van der Waals surface area contributed by atoms with Crippen LogP contribution in [0, 0.1) is 11.8 Å². The standard InChI is InChI=1S/C21H21ClN2O3S/c22-15-7-8-19-17(11-15)16-3-1-2-4-20(16)28(26,27)24(19)12-21(25)23-18-10-13-5-6-14(18)9-13/h1-4,7-8,11,13-14,18H,5-6,9-10,12H2,(H,23,25). The van der Waals surface area contributed by atoms with Crippen LogP contribution in [0.3, 0.4) is 0 Å². The number of carbonyl (C=O) groups excluding carboxylic acids is 1. The predicted octanol–water partition coefficient (Wildman–Crippen LogP) is 3.82. The average molecular weight is 417 g/mol. The molecule has 2 fully saturated rings. The number of nitrogens with one attached hydrogen (secondary N) is 1. The number of rotatable bonds is 3. The summed E-state index contributed by atoms with van der Waals surface area (Å²) in [6, 6.07) is 12.1. The van der Waals surface area contributed by atoms with E-state index in [4.69, 9.17) is 11.6 Å². The normalized spacial score (nSPS) is 26.6. The highest BCUT2D eigenvalue weighted by molar-refractivity contribution is 7.93. The first-order chi connectivity index (χ1) is 13.4. The molecular formula is C21H21ClN2O3S. The molecular weight excluding hydrogens is 396 g/mol. The molecule has 1 N–H and O–H groups in total. The number of nitrogens with zero attached hydrogens (tertiary/aromatic N) is 1. The van der Waals surface area contributed by atoms with Crippen molar-refractivity contribution in [3.05, 3.63) is 47.5 Å². The van der Waals surface area contributed by atoms with Crippen molar-refractivity contribution in [3.63, 3.8) is 0 Å². The highest BCUT2D eigenvalue weighted by atomic mass is 35.5. The molecule has 3 atom stereocenters. The number of carbonyl (C=O) groups is 1. The first-order valence-corrected chi connectivity index (χ1v) is 11.5. The van der Waals surface area contributed by atoms with Gasteiger partial charge < -0.3 is 5.32 Å². The van der Waals surface area contributed by atoms with Gasteiger partial charge in [0.1, 0.15) is 6.54 Å². The maximum absolute atomic E-state index is 13.3. The van der Waals surface area contributed by atoms with Gasteiger partial charge in [0.25, 0.3) is 10.0 Å². The van der Waals surface area contributed by atoms with Gasteiger partial charge in [0.2, 0.25) is 5.91 Å². The fourth-order valence-corrected chi connectivity index (χ4v) is 6.90. The van der Waals surface area contributed by atoms with Crippen LogP contribution in [0.15, 0.2) is 47.4 Å². The summed E-state index contributed by atoms with van der Waals surface area (Å²) in [5, 5.41) is 3.62. The third-order valence-corrected chi connectivity index (χ3v) is 8.40. The maximum atomic E-state index is 13.3. The van der Waals surface area contributed by atoms with Gasteiger partial charge in [0, 0.05) is 22.2 Å². The zero-order chi connectivity index (χ0) is 19.5. The second-order valence-electron chi connectivity index (χ2n) is 8.02. The molecule has 1 aliphatic heterocycles. The number of fused-ring (bicyclic) bond motifs is 5. The van der Waals surface area contributed by atoms with Gasteiger partial charge in [-0.1, -0.05) is 36.2 Å². The lowest BCUT2D eigenvalue weighted by molar-refractivity contribution is -0.120. The lowest BCUT2D eigenvalue weighted by Crippen LogP contribution is -2.46. The Morgan fingerprint density at radius 2 is 1.93 bits per heavy atom. The summed E-state index contributed by atoms with van der Waals surface area (Å²) in [6.07, 6.45) is 4.61. The molecule has 2 aromatic carbocycles. The van der Waals surface area contributed by atoms with Gasteiger partial charge in [-0.25, -0.2) is 8.42 Å². The van der Waals surface area contributed by atoms with Gasteiger partial charge in [-0.2, -0.15) is 0 Å². The van der Waals surface area contributed by atoms with Crippen molar-refractivity contribution in [1.82, 2.24) is 5.32 Å². The third-order valence-electron chi connectivity index (χ3n) is 6.34. The van der Waals surface area contributed by atoms with Gasteiger partial charge >= 0.3 is 0 Å². The number of benzene rings is 2. The molecule has 2 aromatic rings. The molecule has 2 saturated carbocycles. The van der Waals surface area contributed by atoms with Crippen LogP contribution < -0.4 is 9.62 Å². The quantitative estimate of drug-likeness (QED) is 0.827. The van der Waals surface area contributed by atoms with E-state index in [2.05, 4.69) is 5.32 Å². The van der Waals surface area contributed by atoms with E-state index in [-0.39, 0.29) is 23.4 Å². The third kappa shape index (κ3) is 2.81.